The normalized spacial score (nSPS) is 14.7. The highest BCUT2D eigenvalue weighted by atomic mass is 32.2. The minimum Gasteiger partial charge on any atom is -0.495 e. The smallest absolute Gasteiger partial charge is 0.244 e. The fourth-order valence-corrected chi connectivity index (χ4v) is 3.73. The third-order valence-corrected chi connectivity index (χ3v) is 5.28. The van der Waals surface area contributed by atoms with Crippen LogP contribution in [0.3, 0.4) is 0 Å². The summed E-state index contributed by atoms with van der Waals surface area (Å²) in [6, 6.07) is 8.04. The molecule has 26 heavy (non-hydrogen) atoms. The van der Waals surface area contributed by atoms with Gasteiger partial charge in [-0.15, -0.1) is 0 Å². The number of sulfonamides is 1. The molecule has 2 N–H and O–H groups in total. The lowest BCUT2D eigenvalue weighted by Gasteiger charge is -2.20. The quantitative estimate of drug-likeness (QED) is 0.787. The summed E-state index contributed by atoms with van der Waals surface area (Å²) in [7, 11) is -2.79. The van der Waals surface area contributed by atoms with E-state index in [-0.39, 0.29) is 17.2 Å². The van der Waals surface area contributed by atoms with Crippen LogP contribution in [0.5, 0.6) is 17.2 Å². The molecule has 1 atom stereocenters. The SMILES string of the molecule is COc1ccc(F)cc1S(=O)(=O)NCC(O)c1ccc2c(c1)OCCO2. The first kappa shape index (κ1) is 18.4. The second-order valence-electron chi connectivity index (χ2n) is 5.57. The van der Waals surface area contributed by atoms with Crippen LogP contribution in [0.2, 0.25) is 0 Å². The molecule has 1 unspecified atom stereocenters. The number of nitrogens with one attached hydrogen (secondary N) is 1. The van der Waals surface area contributed by atoms with Crippen molar-refractivity contribution < 1.29 is 32.1 Å². The first-order valence-electron chi connectivity index (χ1n) is 7.81. The molecular weight excluding hydrogens is 365 g/mol. The maximum Gasteiger partial charge on any atom is 0.244 e. The Morgan fingerprint density at radius 1 is 1.19 bits per heavy atom. The van der Waals surface area contributed by atoms with Gasteiger partial charge in [-0.25, -0.2) is 17.5 Å². The van der Waals surface area contributed by atoms with Crippen molar-refractivity contribution in [3.63, 3.8) is 0 Å². The summed E-state index contributed by atoms with van der Waals surface area (Å²) in [5.41, 5.74) is 0.461. The fraction of sp³-hybridized carbons (Fsp3) is 0.294. The zero-order chi connectivity index (χ0) is 18.7. The maximum atomic E-state index is 13.4. The average molecular weight is 383 g/mol. The first-order valence-corrected chi connectivity index (χ1v) is 9.30. The number of halogens is 1. The van der Waals surface area contributed by atoms with Crippen LogP contribution >= 0.6 is 0 Å². The van der Waals surface area contributed by atoms with Crippen molar-refractivity contribution in [2.75, 3.05) is 26.9 Å². The van der Waals surface area contributed by atoms with E-state index in [4.69, 9.17) is 14.2 Å². The Kier molecular flexibility index (Phi) is 5.30. The van der Waals surface area contributed by atoms with Crippen LogP contribution < -0.4 is 18.9 Å². The zero-order valence-electron chi connectivity index (χ0n) is 13.9. The Morgan fingerprint density at radius 3 is 2.65 bits per heavy atom. The van der Waals surface area contributed by atoms with E-state index in [1.54, 1.807) is 18.2 Å². The molecule has 1 heterocycles. The molecule has 0 fully saturated rings. The topological polar surface area (TPSA) is 94.1 Å². The van der Waals surface area contributed by atoms with Gasteiger partial charge in [0.25, 0.3) is 0 Å². The van der Waals surface area contributed by atoms with Crippen LogP contribution in [0.4, 0.5) is 4.39 Å². The van der Waals surface area contributed by atoms with Gasteiger partial charge in [-0.05, 0) is 35.9 Å². The number of benzene rings is 2. The average Bonchev–Trinajstić information content (AvgIpc) is 2.65. The predicted molar refractivity (Wildman–Crippen MR) is 90.5 cm³/mol. The highest BCUT2D eigenvalue weighted by molar-refractivity contribution is 7.89. The van der Waals surface area contributed by atoms with Crippen LogP contribution in [0.15, 0.2) is 41.3 Å². The van der Waals surface area contributed by atoms with E-state index in [0.29, 0.717) is 30.3 Å². The van der Waals surface area contributed by atoms with Gasteiger partial charge in [-0.3, -0.25) is 0 Å². The van der Waals surface area contributed by atoms with Gasteiger partial charge in [0.2, 0.25) is 10.0 Å². The molecule has 7 nitrogen and oxygen atoms in total. The minimum absolute atomic E-state index is 0.00715. The van der Waals surface area contributed by atoms with Crippen LogP contribution in [-0.4, -0.2) is 40.4 Å². The lowest BCUT2D eigenvalue weighted by molar-refractivity contribution is 0.165. The summed E-state index contributed by atoms with van der Waals surface area (Å²) in [4.78, 5) is -0.339. The summed E-state index contributed by atoms with van der Waals surface area (Å²) >= 11 is 0. The molecule has 0 saturated heterocycles. The summed E-state index contributed by atoms with van der Waals surface area (Å²) in [6.07, 6.45) is -1.12. The van der Waals surface area contributed by atoms with Gasteiger partial charge in [0.05, 0.1) is 13.2 Å². The Labute approximate surface area is 150 Å². The molecule has 2 aromatic carbocycles. The third kappa shape index (κ3) is 3.90. The van der Waals surface area contributed by atoms with E-state index in [1.165, 1.54) is 13.2 Å². The molecule has 1 aliphatic heterocycles. The van der Waals surface area contributed by atoms with Crippen molar-refractivity contribution in [1.82, 2.24) is 4.72 Å². The van der Waals surface area contributed by atoms with E-state index in [0.717, 1.165) is 12.1 Å². The van der Waals surface area contributed by atoms with Gasteiger partial charge in [-0.2, -0.15) is 0 Å². The molecule has 9 heteroatoms. The van der Waals surface area contributed by atoms with Gasteiger partial charge < -0.3 is 19.3 Å². The molecule has 0 bridgehead atoms. The largest absolute Gasteiger partial charge is 0.495 e. The van der Waals surface area contributed by atoms with Crippen LogP contribution in [0.25, 0.3) is 0 Å². The molecule has 0 aromatic heterocycles. The Hall–Kier alpha value is -2.36. The van der Waals surface area contributed by atoms with Crippen LogP contribution in [0.1, 0.15) is 11.7 Å². The molecular formula is C17H18FNO6S. The van der Waals surface area contributed by atoms with Crippen molar-refractivity contribution in [2.45, 2.75) is 11.0 Å². The van der Waals surface area contributed by atoms with Crippen molar-refractivity contribution in [1.29, 1.82) is 0 Å². The molecule has 0 spiro atoms. The summed E-state index contributed by atoms with van der Waals surface area (Å²) in [6.45, 7) is 0.546. The van der Waals surface area contributed by atoms with Crippen LogP contribution in [0, 0.1) is 5.82 Å². The number of ether oxygens (including phenoxy) is 3. The highest BCUT2D eigenvalue weighted by Crippen LogP contribution is 2.32. The Bertz CT molecular complexity index is 902. The van der Waals surface area contributed by atoms with Gasteiger partial charge >= 0.3 is 0 Å². The number of aliphatic hydroxyl groups is 1. The number of methoxy groups -OCH3 is 1. The number of fused-ring (bicyclic) bond motifs is 1. The van der Waals surface area contributed by atoms with Gasteiger partial charge in [0, 0.05) is 6.54 Å². The fourth-order valence-electron chi connectivity index (χ4n) is 2.51. The molecule has 0 amide bonds. The Balaban J connectivity index is 1.74. The summed E-state index contributed by atoms with van der Waals surface area (Å²) < 4.78 is 56.3. The van der Waals surface area contributed by atoms with Crippen LogP contribution in [-0.2, 0) is 10.0 Å². The molecule has 140 valence electrons. The molecule has 0 saturated carbocycles. The first-order chi connectivity index (χ1) is 12.4. The van der Waals surface area contributed by atoms with E-state index >= 15 is 0 Å². The Morgan fingerprint density at radius 2 is 1.92 bits per heavy atom. The minimum atomic E-state index is -4.08. The zero-order valence-corrected chi connectivity index (χ0v) is 14.8. The third-order valence-electron chi connectivity index (χ3n) is 3.83. The lowest BCUT2D eigenvalue weighted by atomic mass is 10.1. The molecule has 2 aromatic rings. The standard InChI is InChI=1S/C17H18FNO6S/c1-23-15-5-3-12(18)9-17(15)26(21,22)19-10-13(20)11-2-4-14-16(8-11)25-7-6-24-14/h2-5,8-9,13,19-20H,6-7,10H2,1H3. The molecule has 3 rings (SSSR count). The number of aliphatic hydroxyl groups excluding tert-OH is 1. The van der Waals surface area contributed by atoms with Gasteiger partial charge in [-0.1, -0.05) is 6.07 Å². The van der Waals surface area contributed by atoms with Gasteiger partial charge in [0.15, 0.2) is 11.5 Å². The number of rotatable bonds is 6. The van der Waals surface area contributed by atoms with Gasteiger partial charge in [0.1, 0.15) is 29.7 Å². The van der Waals surface area contributed by atoms with Crippen molar-refractivity contribution >= 4 is 10.0 Å². The number of hydrogen-bond acceptors (Lipinski definition) is 6. The van der Waals surface area contributed by atoms with Crippen molar-refractivity contribution in [3.8, 4) is 17.2 Å². The second kappa shape index (κ2) is 7.48. The predicted octanol–water partition coefficient (Wildman–Crippen LogP) is 1.62. The van der Waals surface area contributed by atoms with Crippen molar-refractivity contribution in [2.24, 2.45) is 0 Å². The molecule has 0 radical (unpaired) electrons. The van der Waals surface area contributed by atoms with E-state index in [9.17, 15) is 17.9 Å². The van der Waals surface area contributed by atoms with E-state index < -0.39 is 21.9 Å². The highest BCUT2D eigenvalue weighted by Gasteiger charge is 2.22. The monoisotopic (exact) mass is 383 g/mol. The second-order valence-corrected chi connectivity index (χ2v) is 7.30. The van der Waals surface area contributed by atoms with E-state index in [2.05, 4.69) is 4.72 Å². The summed E-state index contributed by atoms with van der Waals surface area (Å²) in [5, 5.41) is 10.3. The molecule has 1 aliphatic rings. The lowest BCUT2D eigenvalue weighted by Crippen LogP contribution is -2.29. The summed E-state index contributed by atoms with van der Waals surface area (Å²) in [5.74, 6) is 0.353. The number of hydrogen-bond donors (Lipinski definition) is 2. The maximum absolute atomic E-state index is 13.4. The van der Waals surface area contributed by atoms with Crippen molar-refractivity contribution in [3.05, 3.63) is 47.8 Å². The van der Waals surface area contributed by atoms with E-state index in [1.807, 2.05) is 0 Å². The molecule has 0 aliphatic carbocycles.